The van der Waals surface area contributed by atoms with Crippen LogP contribution in [0.2, 0.25) is 0 Å². The first-order valence-electron chi connectivity index (χ1n) is 5.29. The maximum absolute atomic E-state index is 11.5. The molecular weight excluding hydrogens is 216 g/mol. The van der Waals surface area contributed by atoms with Crippen LogP contribution in [0, 0.1) is 26.2 Å². The number of aryl methyl sites for hydroxylation is 1. The second-order valence-corrected chi connectivity index (χ2v) is 3.76. The van der Waals surface area contributed by atoms with Gasteiger partial charge >= 0.3 is 0 Å². The summed E-state index contributed by atoms with van der Waals surface area (Å²) in [7, 11) is 0. The van der Waals surface area contributed by atoms with E-state index in [0.29, 0.717) is 17.8 Å². The maximum atomic E-state index is 11.5. The summed E-state index contributed by atoms with van der Waals surface area (Å²) in [5.41, 5.74) is 2.06. The molecule has 0 atom stereocenters. The van der Waals surface area contributed by atoms with Gasteiger partial charge in [-0.25, -0.2) is 0 Å². The summed E-state index contributed by atoms with van der Waals surface area (Å²) in [6, 6.07) is 3.52. The highest BCUT2D eigenvalue weighted by atomic mass is 16.3. The lowest BCUT2D eigenvalue weighted by Gasteiger charge is -2.11. The van der Waals surface area contributed by atoms with Crippen LogP contribution in [-0.4, -0.2) is 24.1 Å². The Morgan fingerprint density at radius 2 is 2.18 bits per heavy atom. The molecule has 0 radical (unpaired) electrons. The van der Waals surface area contributed by atoms with Crippen LogP contribution < -0.4 is 10.6 Å². The van der Waals surface area contributed by atoms with Crippen molar-refractivity contribution in [1.29, 1.82) is 0 Å². The quantitative estimate of drug-likeness (QED) is 0.539. The lowest BCUT2D eigenvalue weighted by atomic mass is 10.1. The molecule has 0 saturated carbocycles. The number of amides is 1. The molecule has 90 valence electrons. The number of hydrogen-bond donors (Lipinski definition) is 3. The average molecular weight is 232 g/mol. The highest BCUT2D eigenvalue weighted by Gasteiger charge is 2.08. The molecule has 0 aliphatic rings. The van der Waals surface area contributed by atoms with Gasteiger partial charge in [-0.2, -0.15) is 0 Å². The van der Waals surface area contributed by atoms with Crippen molar-refractivity contribution in [3.8, 4) is 18.1 Å². The van der Waals surface area contributed by atoms with E-state index in [4.69, 9.17) is 6.42 Å². The summed E-state index contributed by atoms with van der Waals surface area (Å²) >= 11 is 0. The Balaban J connectivity index is 2.66. The van der Waals surface area contributed by atoms with Gasteiger partial charge in [0.1, 0.15) is 5.75 Å². The Hall–Kier alpha value is -1.99. The second kappa shape index (κ2) is 5.92. The third-order valence-corrected chi connectivity index (χ3v) is 2.42. The van der Waals surface area contributed by atoms with Crippen molar-refractivity contribution in [2.45, 2.75) is 13.8 Å². The van der Waals surface area contributed by atoms with E-state index in [1.54, 1.807) is 19.1 Å². The fourth-order valence-electron chi connectivity index (χ4n) is 1.41. The fourth-order valence-corrected chi connectivity index (χ4v) is 1.41. The lowest BCUT2D eigenvalue weighted by molar-refractivity contribution is -0.115. The normalized spacial score (nSPS) is 9.71. The van der Waals surface area contributed by atoms with Crippen LogP contribution >= 0.6 is 0 Å². The number of aromatic hydroxyl groups is 1. The number of phenols is 1. The summed E-state index contributed by atoms with van der Waals surface area (Å²) < 4.78 is 0. The van der Waals surface area contributed by atoms with Crippen LogP contribution in [0.25, 0.3) is 0 Å². The van der Waals surface area contributed by atoms with Gasteiger partial charge in [-0.15, -0.1) is 6.42 Å². The average Bonchev–Trinajstić information content (AvgIpc) is 2.30. The minimum Gasteiger partial charge on any atom is -0.507 e. The molecule has 0 spiro atoms. The van der Waals surface area contributed by atoms with Crippen LogP contribution in [0.15, 0.2) is 12.1 Å². The molecule has 0 heterocycles. The largest absolute Gasteiger partial charge is 0.507 e. The van der Waals surface area contributed by atoms with Gasteiger partial charge in [0.15, 0.2) is 0 Å². The lowest BCUT2D eigenvalue weighted by Crippen LogP contribution is -2.28. The molecule has 4 nitrogen and oxygen atoms in total. The number of hydrogen-bond acceptors (Lipinski definition) is 3. The van der Waals surface area contributed by atoms with Crippen molar-refractivity contribution in [3.05, 3.63) is 23.3 Å². The fraction of sp³-hybridized carbons (Fsp3) is 0.308. The number of carbonyl (C=O) groups excluding carboxylic acids is 1. The molecule has 0 fully saturated rings. The molecule has 4 heteroatoms. The zero-order valence-corrected chi connectivity index (χ0v) is 10.0. The Morgan fingerprint density at radius 3 is 2.82 bits per heavy atom. The van der Waals surface area contributed by atoms with Crippen molar-refractivity contribution >= 4 is 11.6 Å². The summed E-state index contributed by atoms with van der Waals surface area (Å²) in [6.07, 6.45) is 5.05. The molecule has 0 bridgehead atoms. The van der Waals surface area contributed by atoms with E-state index < -0.39 is 0 Å². The van der Waals surface area contributed by atoms with Gasteiger partial charge in [0.25, 0.3) is 0 Å². The van der Waals surface area contributed by atoms with Gasteiger partial charge in [0.2, 0.25) is 5.91 Å². The van der Waals surface area contributed by atoms with Gasteiger partial charge in [-0.1, -0.05) is 12.0 Å². The molecule has 1 amide bonds. The van der Waals surface area contributed by atoms with Crippen molar-refractivity contribution in [3.63, 3.8) is 0 Å². The number of terminal acetylenes is 1. The van der Waals surface area contributed by atoms with Crippen LogP contribution in [0.4, 0.5) is 5.69 Å². The molecule has 3 N–H and O–H groups in total. The first kappa shape index (κ1) is 13.1. The number of carbonyl (C=O) groups is 1. The standard InChI is InChI=1S/C13H16N2O2/c1-4-7-14-8-12(16)15-11-6-5-9(2)13(17)10(11)3/h1,5-6,14,17H,7-8H2,2-3H3,(H,15,16). The topological polar surface area (TPSA) is 61.4 Å². The first-order valence-corrected chi connectivity index (χ1v) is 5.29. The summed E-state index contributed by atoms with van der Waals surface area (Å²) in [4.78, 5) is 11.5. The monoisotopic (exact) mass is 232 g/mol. The number of rotatable bonds is 4. The Labute approximate surface area is 101 Å². The SMILES string of the molecule is C#CCNCC(=O)Nc1ccc(C)c(O)c1C. The van der Waals surface area contributed by atoms with Crippen LogP contribution in [-0.2, 0) is 4.79 Å². The van der Waals surface area contributed by atoms with Gasteiger partial charge in [0, 0.05) is 11.3 Å². The summed E-state index contributed by atoms with van der Waals surface area (Å²) in [5.74, 6) is 2.40. The summed E-state index contributed by atoms with van der Waals surface area (Å²) in [5, 5.41) is 15.2. The second-order valence-electron chi connectivity index (χ2n) is 3.76. The third kappa shape index (κ3) is 3.51. The Morgan fingerprint density at radius 1 is 1.47 bits per heavy atom. The molecule has 0 aromatic heterocycles. The van der Waals surface area contributed by atoms with E-state index in [-0.39, 0.29) is 18.2 Å². The van der Waals surface area contributed by atoms with Crippen molar-refractivity contribution in [2.24, 2.45) is 0 Å². The van der Waals surface area contributed by atoms with Crippen molar-refractivity contribution in [2.75, 3.05) is 18.4 Å². The zero-order valence-electron chi connectivity index (χ0n) is 10.0. The molecular formula is C13H16N2O2. The smallest absolute Gasteiger partial charge is 0.238 e. The predicted molar refractivity (Wildman–Crippen MR) is 67.9 cm³/mol. The Bertz CT molecular complexity index is 461. The minimum atomic E-state index is -0.188. The number of benzene rings is 1. The molecule has 0 aliphatic carbocycles. The van der Waals surface area contributed by atoms with Crippen LogP contribution in [0.5, 0.6) is 5.75 Å². The van der Waals surface area contributed by atoms with E-state index in [1.807, 2.05) is 6.92 Å². The predicted octanol–water partition coefficient (Wildman–Crippen LogP) is 1.17. The van der Waals surface area contributed by atoms with Gasteiger partial charge in [0.05, 0.1) is 13.1 Å². The van der Waals surface area contributed by atoms with E-state index in [2.05, 4.69) is 16.6 Å². The van der Waals surface area contributed by atoms with E-state index in [0.717, 1.165) is 5.56 Å². The van der Waals surface area contributed by atoms with E-state index in [9.17, 15) is 9.90 Å². The van der Waals surface area contributed by atoms with Crippen molar-refractivity contribution < 1.29 is 9.90 Å². The molecule has 0 unspecified atom stereocenters. The molecule has 1 aromatic carbocycles. The van der Waals surface area contributed by atoms with Crippen LogP contribution in [0.3, 0.4) is 0 Å². The maximum Gasteiger partial charge on any atom is 0.238 e. The molecule has 17 heavy (non-hydrogen) atoms. The molecule has 0 aliphatic heterocycles. The van der Waals surface area contributed by atoms with E-state index >= 15 is 0 Å². The van der Waals surface area contributed by atoms with E-state index in [1.165, 1.54) is 0 Å². The third-order valence-electron chi connectivity index (χ3n) is 2.42. The molecule has 1 rings (SSSR count). The minimum absolute atomic E-state index is 0.151. The molecule has 1 aromatic rings. The molecule has 0 saturated heterocycles. The first-order chi connectivity index (χ1) is 8.06. The number of anilines is 1. The highest BCUT2D eigenvalue weighted by Crippen LogP contribution is 2.27. The van der Waals surface area contributed by atoms with Gasteiger partial charge in [-0.3, -0.25) is 10.1 Å². The number of nitrogens with one attached hydrogen (secondary N) is 2. The summed E-state index contributed by atoms with van der Waals surface area (Å²) in [6.45, 7) is 4.07. The van der Waals surface area contributed by atoms with Gasteiger partial charge < -0.3 is 10.4 Å². The Kier molecular flexibility index (Phi) is 4.56. The number of phenolic OH excluding ortho intramolecular Hbond substituents is 1. The van der Waals surface area contributed by atoms with Crippen LogP contribution in [0.1, 0.15) is 11.1 Å². The zero-order chi connectivity index (χ0) is 12.8. The van der Waals surface area contributed by atoms with Gasteiger partial charge in [-0.05, 0) is 25.5 Å². The van der Waals surface area contributed by atoms with Crippen molar-refractivity contribution in [1.82, 2.24) is 5.32 Å². The highest BCUT2D eigenvalue weighted by molar-refractivity contribution is 5.93.